The van der Waals surface area contributed by atoms with Crippen LogP contribution in [-0.4, -0.2) is 53.4 Å². The number of nitrogens with zero attached hydrogens (tertiary/aromatic N) is 3. The molecule has 1 unspecified atom stereocenters. The molecule has 28 heavy (non-hydrogen) atoms. The molecule has 4 rings (SSSR count). The number of nitrogens with one attached hydrogen (secondary N) is 2. The van der Waals surface area contributed by atoms with Crippen molar-refractivity contribution in [2.45, 2.75) is 31.0 Å². The monoisotopic (exact) mass is 395 g/mol. The number of piperazine rings is 1. The predicted molar refractivity (Wildman–Crippen MR) is 95.9 cm³/mol. The van der Waals surface area contributed by atoms with E-state index in [4.69, 9.17) is 0 Å². The first kappa shape index (κ1) is 18.7. The number of aryl methyl sites for hydroxylation is 1. The zero-order valence-corrected chi connectivity index (χ0v) is 15.2. The maximum absolute atomic E-state index is 13.6. The topological polar surface area (TPSA) is 79.3 Å². The fourth-order valence-corrected chi connectivity index (χ4v) is 4.07. The molecule has 3 heterocycles. The zero-order valence-electron chi connectivity index (χ0n) is 15.2. The van der Waals surface area contributed by atoms with Gasteiger partial charge >= 0.3 is 6.18 Å². The number of rotatable bonds is 2. The van der Waals surface area contributed by atoms with E-state index in [1.54, 1.807) is 25.2 Å². The van der Waals surface area contributed by atoms with Gasteiger partial charge in [-0.25, -0.2) is 0 Å². The highest BCUT2D eigenvalue weighted by Gasteiger charge is 2.45. The number of halogens is 3. The Morgan fingerprint density at radius 3 is 2.75 bits per heavy atom. The van der Waals surface area contributed by atoms with Crippen LogP contribution in [0, 0.1) is 0 Å². The van der Waals surface area contributed by atoms with Crippen LogP contribution in [0.4, 0.5) is 18.9 Å². The lowest BCUT2D eigenvalue weighted by Crippen LogP contribution is -2.58. The van der Waals surface area contributed by atoms with Crippen molar-refractivity contribution < 1.29 is 22.8 Å². The van der Waals surface area contributed by atoms with Gasteiger partial charge in [-0.05, 0) is 12.5 Å². The molecule has 1 aromatic heterocycles. The van der Waals surface area contributed by atoms with Gasteiger partial charge in [-0.1, -0.05) is 12.1 Å². The van der Waals surface area contributed by atoms with Crippen molar-refractivity contribution in [1.29, 1.82) is 0 Å². The molecule has 10 heteroatoms. The van der Waals surface area contributed by atoms with E-state index in [1.807, 2.05) is 0 Å². The fourth-order valence-electron chi connectivity index (χ4n) is 4.07. The number of alkyl halides is 3. The van der Waals surface area contributed by atoms with E-state index in [0.29, 0.717) is 35.2 Å². The van der Waals surface area contributed by atoms with Crippen LogP contribution in [0.25, 0.3) is 10.9 Å². The largest absolute Gasteiger partial charge is 0.409 e. The Hall–Kier alpha value is -2.62. The van der Waals surface area contributed by atoms with Crippen LogP contribution < -0.4 is 15.5 Å². The summed E-state index contributed by atoms with van der Waals surface area (Å²) in [6.45, 7) is 0.473. The second kappa shape index (κ2) is 6.77. The molecule has 1 aromatic carbocycles. The maximum Gasteiger partial charge on any atom is 0.409 e. The average Bonchev–Trinajstić information content (AvgIpc) is 2.98. The van der Waals surface area contributed by atoms with Crippen LogP contribution in [0.15, 0.2) is 18.2 Å². The van der Waals surface area contributed by atoms with Gasteiger partial charge < -0.3 is 10.2 Å². The van der Waals surface area contributed by atoms with E-state index in [9.17, 15) is 22.8 Å². The molecule has 2 atom stereocenters. The highest BCUT2D eigenvalue weighted by molar-refractivity contribution is 6.03. The van der Waals surface area contributed by atoms with Gasteiger partial charge in [0.15, 0.2) is 0 Å². The Morgan fingerprint density at radius 1 is 1.25 bits per heavy atom. The van der Waals surface area contributed by atoms with Crippen LogP contribution in [0.2, 0.25) is 0 Å². The first-order valence-corrected chi connectivity index (χ1v) is 9.10. The number of aromatic nitrogens is 2. The number of piperidine rings is 1. The Balaban J connectivity index is 1.80. The van der Waals surface area contributed by atoms with Gasteiger partial charge in [0.1, 0.15) is 6.04 Å². The van der Waals surface area contributed by atoms with Gasteiger partial charge in [-0.2, -0.15) is 18.3 Å². The van der Waals surface area contributed by atoms with Crippen molar-refractivity contribution in [3.05, 3.63) is 23.9 Å². The van der Waals surface area contributed by atoms with Crippen molar-refractivity contribution >= 4 is 28.4 Å². The lowest BCUT2D eigenvalue weighted by atomic mass is 9.92. The molecule has 0 spiro atoms. The number of para-hydroxylation sites is 1. The minimum absolute atomic E-state index is 0.183. The van der Waals surface area contributed by atoms with Gasteiger partial charge in [-0.3, -0.25) is 19.6 Å². The van der Waals surface area contributed by atoms with Gasteiger partial charge in [0.25, 0.3) is 0 Å². The highest BCUT2D eigenvalue weighted by Crippen LogP contribution is 2.37. The van der Waals surface area contributed by atoms with E-state index in [2.05, 4.69) is 15.7 Å². The third-order valence-electron chi connectivity index (χ3n) is 5.37. The molecule has 0 saturated carbocycles. The molecule has 0 aliphatic carbocycles. The molecule has 2 aliphatic heterocycles. The van der Waals surface area contributed by atoms with Crippen LogP contribution >= 0.6 is 0 Å². The summed E-state index contributed by atoms with van der Waals surface area (Å²) < 4.78 is 42.2. The van der Waals surface area contributed by atoms with E-state index in [1.165, 1.54) is 9.58 Å². The van der Waals surface area contributed by atoms with Crippen molar-refractivity contribution in [1.82, 2.24) is 20.4 Å². The SMILES string of the molecule is Cn1nc(C2CCC(=O)NC2=O)c2cccc(N3CCNC[C@@H]3C(F)(F)F)c21. The summed E-state index contributed by atoms with van der Waals surface area (Å²) >= 11 is 0. The summed E-state index contributed by atoms with van der Waals surface area (Å²) in [4.78, 5) is 25.1. The lowest BCUT2D eigenvalue weighted by Gasteiger charge is -2.39. The number of carbonyl (C=O) groups excluding carboxylic acids is 2. The number of anilines is 1. The van der Waals surface area contributed by atoms with Gasteiger partial charge in [-0.15, -0.1) is 0 Å². The number of benzene rings is 1. The van der Waals surface area contributed by atoms with Crippen LogP contribution in [0.3, 0.4) is 0 Å². The van der Waals surface area contributed by atoms with Crippen LogP contribution in [-0.2, 0) is 16.6 Å². The van der Waals surface area contributed by atoms with E-state index < -0.39 is 24.0 Å². The number of hydrogen-bond donors (Lipinski definition) is 2. The van der Waals surface area contributed by atoms with Crippen LogP contribution in [0.5, 0.6) is 0 Å². The molecule has 2 fully saturated rings. The lowest BCUT2D eigenvalue weighted by molar-refractivity contribution is -0.149. The number of fused-ring (bicyclic) bond motifs is 1. The average molecular weight is 395 g/mol. The first-order chi connectivity index (χ1) is 13.3. The third kappa shape index (κ3) is 3.11. The summed E-state index contributed by atoms with van der Waals surface area (Å²) in [5.41, 5.74) is 1.48. The summed E-state index contributed by atoms with van der Waals surface area (Å²) in [7, 11) is 1.66. The summed E-state index contributed by atoms with van der Waals surface area (Å²) in [6.07, 6.45) is -3.83. The second-order valence-corrected chi connectivity index (χ2v) is 7.14. The Bertz CT molecular complexity index is 939. The molecule has 2 N–H and O–H groups in total. The number of amides is 2. The van der Waals surface area contributed by atoms with Gasteiger partial charge in [0.2, 0.25) is 11.8 Å². The molecule has 0 radical (unpaired) electrons. The number of hydrogen-bond acceptors (Lipinski definition) is 5. The molecule has 2 aliphatic rings. The quantitative estimate of drug-likeness (QED) is 0.753. The predicted octanol–water partition coefficient (Wildman–Crippen LogP) is 1.43. The number of imide groups is 1. The van der Waals surface area contributed by atoms with Crippen molar-refractivity contribution in [3.63, 3.8) is 0 Å². The minimum Gasteiger partial charge on any atom is -0.356 e. The summed E-state index contributed by atoms with van der Waals surface area (Å²) in [5.74, 6) is -1.34. The summed E-state index contributed by atoms with van der Waals surface area (Å²) in [5, 5.41) is 10.2. The first-order valence-electron chi connectivity index (χ1n) is 9.10. The smallest absolute Gasteiger partial charge is 0.356 e. The zero-order chi connectivity index (χ0) is 20.1. The molecular weight excluding hydrogens is 375 g/mol. The van der Waals surface area contributed by atoms with Gasteiger partial charge in [0.05, 0.1) is 22.8 Å². The molecule has 2 aromatic rings. The molecule has 150 valence electrons. The summed E-state index contributed by atoms with van der Waals surface area (Å²) in [6, 6.07) is 3.46. The molecule has 2 amide bonds. The number of carbonyl (C=O) groups is 2. The van der Waals surface area contributed by atoms with Crippen molar-refractivity contribution in [2.75, 3.05) is 24.5 Å². The standard InChI is InChI=1S/C18H20F3N5O2/c1-25-16-10(15(24-25)11-5-6-14(27)23-17(11)28)3-2-4-12(16)26-8-7-22-9-13(26)18(19,20)21/h2-4,11,13,22H,5-9H2,1H3,(H,23,27,28)/t11?,13-/m1/s1. The fraction of sp³-hybridized carbons (Fsp3) is 0.500. The van der Waals surface area contributed by atoms with E-state index in [0.717, 1.165) is 0 Å². The van der Waals surface area contributed by atoms with Crippen molar-refractivity contribution in [3.8, 4) is 0 Å². The normalized spacial score (nSPS) is 23.9. The van der Waals surface area contributed by atoms with Crippen molar-refractivity contribution in [2.24, 2.45) is 7.05 Å². The maximum atomic E-state index is 13.6. The molecule has 0 bridgehead atoms. The van der Waals surface area contributed by atoms with E-state index in [-0.39, 0.29) is 25.4 Å². The Labute approximate surface area is 158 Å². The minimum atomic E-state index is -4.37. The van der Waals surface area contributed by atoms with Gasteiger partial charge in [0, 0.05) is 38.5 Å². The van der Waals surface area contributed by atoms with E-state index >= 15 is 0 Å². The highest BCUT2D eigenvalue weighted by atomic mass is 19.4. The molecule has 7 nitrogen and oxygen atoms in total. The molecule has 2 saturated heterocycles. The Kier molecular flexibility index (Phi) is 4.53. The molecular formula is C18H20F3N5O2. The van der Waals surface area contributed by atoms with Crippen LogP contribution in [0.1, 0.15) is 24.5 Å². The third-order valence-corrected chi connectivity index (χ3v) is 5.37. The second-order valence-electron chi connectivity index (χ2n) is 7.14. The Morgan fingerprint density at radius 2 is 2.04 bits per heavy atom.